The molecule has 4 nitrogen and oxygen atoms in total. The van der Waals surface area contributed by atoms with Gasteiger partial charge in [-0.3, -0.25) is 4.79 Å². The van der Waals surface area contributed by atoms with Gasteiger partial charge < -0.3 is 15.4 Å². The Labute approximate surface area is 126 Å². The van der Waals surface area contributed by atoms with E-state index in [0.717, 1.165) is 24.2 Å². The number of nitrogens with two attached hydrogens (primary N) is 1. The average molecular weight is 288 g/mol. The lowest BCUT2D eigenvalue weighted by Crippen LogP contribution is -2.49. The number of carbonyl (C=O) groups excluding carboxylic acids is 1. The number of hydrogen-bond donors (Lipinski definition) is 1. The van der Waals surface area contributed by atoms with Crippen molar-refractivity contribution >= 4 is 5.91 Å². The molecule has 0 aromatic heterocycles. The maximum Gasteiger partial charge on any atom is 0.264 e. The summed E-state index contributed by atoms with van der Waals surface area (Å²) >= 11 is 0. The van der Waals surface area contributed by atoms with Crippen LogP contribution in [0.25, 0.3) is 0 Å². The van der Waals surface area contributed by atoms with Crippen LogP contribution in [-0.4, -0.2) is 36.0 Å². The van der Waals surface area contributed by atoms with Gasteiger partial charge in [0.2, 0.25) is 0 Å². The third-order valence-corrected chi connectivity index (χ3v) is 4.59. The van der Waals surface area contributed by atoms with Crippen molar-refractivity contribution in [1.82, 2.24) is 4.90 Å². The van der Waals surface area contributed by atoms with Gasteiger partial charge in [-0.25, -0.2) is 0 Å². The molecule has 1 fully saturated rings. The van der Waals surface area contributed by atoms with Crippen LogP contribution < -0.4 is 10.5 Å². The molecule has 21 heavy (non-hydrogen) atoms. The summed E-state index contributed by atoms with van der Waals surface area (Å²) in [5.74, 6) is 0.968. The van der Waals surface area contributed by atoms with Crippen LogP contribution in [0.5, 0.6) is 5.75 Å². The number of carbonyl (C=O) groups is 1. The number of fused-ring (bicyclic) bond motifs is 1. The lowest BCUT2D eigenvalue weighted by atomic mass is 9.93. The molecule has 0 spiro atoms. The largest absolute Gasteiger partial charge is 0.480 e. The molecule has 114 valence electrons. The average Bonchev–Trinajstić information content (AvgIpc) is 2.97. The molecule has 1 unspecified atom stereocenters. The minimum atomic E-state index is -0.365. The zero-order valence-electron chi connectivity index (χ0n) is 12.5. The SMILES string of the molecule is NCCN(C(=O)C1Cc2ccccc2O1)C1CCCCC1. The van der Waals surface area contributed by atoms with Crippen LogP contribution in [-0.2, 0) is 11.2 Å². The van der Waals surface area contributed by atoms with Gasteiger partial charge >= 0.3 is 0 Å². The minimum absolute atomic E-state index is 0.114. The van der Waals surface area contributed by atoms with Crippen molar-refractivity contribution in [3.8, 4) is 5.75 Å². The van der Waals surface area contributed by atoms with Gasteiger partial charge in [0.15, 0.2) is 6.10 Å². The Kier molecular flexibility index (Phi) is 4.44. The van der Waals surface area contributed by atoms with E-state index in [0.29, 0.717) is 25.6 Å². The highest BCUT2D eigenvalue weighted by Gasteiger charge is 2.35. The zero-order valence-corrected chi connectivity index (χ0v) is 12.5. The first-order valence-corrected chi connectivity index (χ1v) is 8.04. The molecule has 2 N–H and O–H groups in total. The van der Waals surface area contributed by atoms with E-state index in [1.165, 1.54) is 19.3 Å². The van der Waals surface area contributed by atoms with E-state index in [2.05, 4.69) is 0 Å². The summed E-state index contributed by atoms with van der Waals surface area (Å²) < 4.78 is 5.85. The second-order valence-corrected chi connectivity index (χ2v) is 6.03. The van der Waals surface area contributed by atoms with E-state index in [1.807, 2.05) is 29.2 Å². The smallest absolute Gasteiger partial charge is 0.264 e. The maximum absolute atomic E-state index is 12.8. The number of para-hydroxylation sites is 1. The Morgan fingerprint density at radius 2 is 2.00 bits per heavy atom. The monoisotopic (exact) mass is 288 g/mol. The summed E-state index contributed by atoms with van der Waals surface area (Å²) in [6.45, 7) is 1.15. The van der Waals surface area contributed by atoms with Gasteiger partial charge in [-0.2, -0.15) is 0 Å². The summed E-state index contributed by atoms with van der Waals surface area (Å²) in [6.07, 6.45) is 6.23. The highest BCUT2D eigenvalue weighted by molar-refractivity contribution is 5.83. The Morgan fingerprint density at radius 3 is 2.71 bits per heavy atom. The van der Waals surface area contributed by atoms with Crippen LogP contribution in [0.4, 0.5) is 0 Å². The summed E-state index contributed by atoms with van der Waals surface area (Å²) in [4.78, 5) is 14.8. The molecular formula is C17H24N2O2. The first-order valence-electron chi connectivity index (χ1n) is 8.04. The number of hydrogen-bond acceptors (Lipinski definition) is 3. The van der Waals surface area contributed by atoms with E-state index >= 15 is 0 Å². The second kappa shape index (κ2) is 6.48. The van der Waals surface area contributed by atoms with Crippen molar-refractivity contribution in [2.45, 2.75) is 50.7 Å². The topological polar surface area (TPSA) is 55.6 Å². The molecule has 3 rings (SSSR count). The number of rotatable bonds is 4. The summed E-state index contributed by atoms with van der Waals surface area (Å²) in [5, 5.41) is 0. The summed E-state index contributed by atoms with van der Waals surface area (Å²) in [5.41, 5.74) is 6.85. The molecular weight excluding hydrogens is 264 g/mol. The molecule has 2 aliphatic rings. The molecule has 1 amide bonds. The summed E-state index contributed by atoms with van der Waals surface area (Å²) in [6, 6.07) is 8.27. The molecule has 4 heteroatoms. The van der Waals surface area contributed by atoms with Crippen molar-refractivity contribution in [2.24, 2.45) is 5.73 Å². The van der Waals surface area contributed by atoms with E-state index in [9.17, 15) is 4.79 Å². The van der Waals surface area contributed by atoms with Crippen molar-refractivity contribution in [2.75, 3.05) is 13.1 Å². The fourth-order valence-corrected chi connectivity index (χ4v) is 3.51. The Balaban J connectivity index is 1.70. The molecule has 1 aliphatic carbocycles. The fourth-order valence-electron chi connectivity index (χ4n) is 3.51. The number of amides is 1. The highest BCUT2D eigenvalue weighted by atomic mass is 16.5. The fraction of sp³-hybridized carbons (Fsp3) is 0.588. The van der Waals surface area contributed by atoms with Crippen molar-refractivity contribution < 1.29 is 9.53 Å². The van der Waals surface area contributed by atoms with Crippen LogP contribution >= 0.6 is 0 Å². The molecule has 1 aliphatic heterocycles. The first kappa shape index (κ1) is 14.4. The van der Waals surface area contributed by atoms with Gasteiger partial charge in [-0.15, -0.1) is 0 Å². The van der Waals surface area contributed by atoms with Gasteiger partial charge in [0.1, 0.15) is 5.75 Å². The molecule has 1 atom stereocenters. The van der Waals surface area contributed by atoms with Crippen molar-refractivity contribution in [1.29, 1.82) is 0 Å². The highest BCUT2D eigenvalue weighted by Crippen LogP contribution is 2.30. The van der Waals surface area contributed by atoms with E-state index in [-0.39, 0.29) is 12.0 Å². The Bertz CT molecular complexity index is 472. The van der Waals surface area contributed by atoms with Crippen molar-refractivity contribution in [3.63, 3.8) is 0 Å². The van der Waals surface area contributed by atoms with Gasteiger partial charge in [0, 0.05) is 25.6 Å². The number of nitrogens with zero attached hydrogens (tertiary/aromatic N) is 1. The van der Waals surface area contributed by atoms with Crippen LogP contribution in [0.3, 0.4) is 0 Å². The van der Waals surface area contributed by atoms with E-state index in [1.54, 1.807) is 0 Å². The molecule has 0 saturated heterocycles. The Hall–Kier alpha value is -1.55. The molecule has 0 radical (unpaired) electrons. The second-order valence-electron chi connectivity index (χ2n) is 6.03. The lowest BCUT2D eigenvalue weighted by molar-refractivity contribution is -0.140. The standard InChI is InChI=1S/C17H24N2O2/c18-10-11-19(14-7-2-1-3-8-14)17(20)16-12-13-6-4-5-9-15(13)21-16/h4-6,9,14,16H,1-3,7-8,10-12,18H2. The van der Waals surface area contributed by atoms with Gasteiger partial charge in [0.05, 0.1) is 0 Å². The molecule has 1 aromatic carbocycles. The van der Waals surface area contributed by atoms with Crippen molar-refractivity contribution in [3.05, 3.63) is 29.8 Å². The van der Waals surface area contributed by atoms with Gasteiger partial charge in [-0.05, 0) is 24.5 Å². The van der Waals surface area contributed by atoms with Gasteiger partial charge in [0.25, 0.3) is 5.91 Å². The molecule has 0 bridgehead atoms. The van der Waals surface area contributed by atoms with E-state index < -0.39 is 0 Å². The predicted molar refractivity (Wildman–Crippen MR) is 82.2 cm³/mol. The van der Waals surface area contributed by atoms with Crippen LogP contribution in [0.2, 0.25) is 0 Å². The quantitative estimate of drug-likeness (QED) is 0.923. The third-order valence-electron chi connectivity index (χ3n) is 4.59. The van der Waals surface area contributed by atoms with Crippen LogP contribution in [0, 0.1) is 0 Å². The third kappa shape index (κ3) is 3.05. The lowest BCUT2D eigenvalue weighted by Gasteiger charge is -2.35. The van der Waals surface area contributed by atoms with Crippen LogP contribution in [0.15, 0.2) is 24.3 Å². The molecule has 1 aromatic rings. The molecule has 1 saturated carbocycles. The number of benzene rings is 1. The maximum atomic E-state index is 12.8. The van der Waals surface area contributed by atoms with Gasteiger partial charge in [-0.1, -0.05) is 37.5 Å². The number of ether oxygens (including phenoxy) is 1. The van der Waals surface area contributed by atoms with E-state index in [4.69, 9.17) is 10.5 Å². The zero-order chi connectivity index (χ0) is 14.7. The first-order chi connectivity index (χ1) is 10.3. The normalized spacial score (nSPS) is 21.7. The van der Waals surface area contributed by atoms with Crippen LogP contribution in [0.1, 0.15) is 37.7 Å². The molecule has 1 heterocycles. The minimum Gasteiger partial charge on any atom is -0.480 e. The summed E-state index contributed by atoms with van der Waals surface area (Å²) in [7, 11) is 0. The predicted octanol–water partition coefficient (Wildman–Crippen LogP) is 2.11. The Morgan fingerprint density at radius 1 is 1.24 bits per heavy atom.